The zero-order valence-electron chi connectivity index (χ0n) is 11.9. The van der Waals surface area contributed by atoms with Gasteiger partial charge in [-0.05, 0) is 50.6 Å². The Bertz CT molecular complexity index is 895. The van der Waals surface area contributed by atoms with Crippen molar-refractivity contribution in [1.82, 2.24) is 9.66 Å². The molecule has 106 valence electrons. The zero-order chi connectivity index (χ0) is 15.1. The lowest BCUT2D eigenvalue weighted by molar-refractivity contribution is -0.110. The van der Waals surface area contributed by atoms with E-state index in [1.807, 2.05) is 13.8 Å². The maximum Gasteiger partial charge on any atom is 0.283 e. The van der Waals surface area contributed by atoms with Crippen molar-refractivity contribution >= 4 is 33.0 Å². The van der Waals surface area contributed by atoms with Crippen molar-refractivity contribution in [2.24, 2.45) is 5.10 Å². The number of fused-ring (bicyclic) bond motifs is 1. The van der Waals surface area contributed by atoms with E-state index in [4.69, 9.17) is 0 Å². The number of ketones is 1. The molecule has 3 rings (SSSR count). The van der Waals surface area contributed by atoms with Gasteiger partial charge in [0.1, 0.15) is 10.7 Å². The van der Waals surface area contributed by atoms with Gasteiger partial charge in [-0.15, -0.1) is 11.3 Å². The highest BCUT2D eigenvalue weighted by atomic mass is 32.1. The van der Waals surface area contributed by atoms with Gasteiger partial charge in [0.25, 0.3) is 5.56 Å². The smallest absolute Gasteiger partial charge is 0.283 e. The van der Waals surface area contributed by atoms with Crippen LogP contribution in [0.4, 0.5) is 0 Å². The fraction of sp³-hybridized carbons (Fsp3) is 0.200. The molecule has 2 aromatic rings. The number of hydrogen-bond donors (Lipinski definition) is 0. The lowest BCUT2D eigenvalue weighted by Gasteiger charge is -2.05. The van der Waals surface area contributed by atoms with Gasteiger partial charge in [-0.25, -0.2) is 4.98 Å². The number of nitrogens with zero attached hydrogens (tertiary/aromatic N) is 3. The van der Waals surface area contributed by atoms with E-state index in [1.54, 1.807) is 19.1 Å². The predicted molar refractivity (Wildman–Crippen MR) is 84.2 cm³/mol. The van der Waals surface area contributed by atoms with Gasteiger partial charge in [-0.1, -0.05) is 0 Å². The summed E-state index contributed by atoms with van der Waals surface area (Å²) in [6.07, 6.45) is 6.02. The van der Waals surface area contributed by atoms with Crippen molar-refractivity contribution in [2.75, 3.05) is 0 Å². The molecule has 1 aliphatic rings. The highest BCUT2D eigenvalue weighted by Crippen LogP contribution is 2.26. The Morgan fingerprint density at radius 2 is 1.76 bits per heavy atom. The standard InChI is InChI=1S/C15H13N3O2S/c1-8-9(2)21-14-13(8)15(20)18(10(3)16-14)17-11-4-6-12(19)7-5-11/h4-7H,1-3H3. The molecule has 0 aromatic carbocycles. The number of carbonyl (C=O) groups excluding carboxylic acids is 1. The second-order valence-corrected chi connectivity index (χ2v) is 6.04. The predicted octanol–water partition coefficient (Wildman–Crippen LogP) is 2.28. The lowest BCUT2D eigenvalue weighted by atomic mass is 10.2. The van der Waals surface area contributed by atoms with Crippen LogP contribution in [0.2, 0.25) is 0 Å². The minimum Gasteiger partial charge on any atom is -0.290 e. The maximum atomic E-state index is 12.6. The number of aryl methyl sites for hydroxylation is 3. The molecule has 1 aliphatic carbocycles. The third-order valence-corrected chi connectivity index (χ3v) is 4.50. The maximum absolute atomic E-state index is 12.6. The van der Waals surface area contributed by atoms with Crippen LogP contribution < -0.4 is 5.56 Å². The number of thiophene rings is 1. The number of hydrogen-bond acceptors (Lipinski definition) is 5. The summed E-state index contributed by atoms with van der Waals surface area (Å²) in [7, 11) is 0. The molecule has 0 fully saturated rings. The summed E-state index contributed by atoms with van der Waals surface area (Å²) in [6, 6.07) is 0. The summed E-state index contributed by atoms with van der Waals surface area (Å²) in [5, 5.41) is 4.91. The van der Waals surface area contributed by atoms with E-state index < -0.39 is 0 Å². The Kier molecular flexibility index (Phi) is 3.17. The average Bonchev–Trinajstić information content (AvgIpc) is 2.72. The molecule has 6 heteroatoms. The van der Waals surface area contributed by atoms with Crippen LogP contribution >= 0.6 is 11.3 Å². The summed E-state index contributed by atoms with van der Waals surface area (Å²) in [5.41, 5.74) is 1.32. The van der Waals surface area contributed by atoms with E-state index in [0.717, 1.165) is 15.3 Å². The van der Waals surface area contributed by atoms with E-state index in [-0.39, 0.29) is 11.3 Å². The third kappa shape index (κ3) is 2.27. The summed E-state index contributed by atoms with van der Waals surface area (Å²) in [6.45, 7) is 5.64. The largest absolute Gasteiger partial charge is 0.290 e. The van der Waals surface area contributed by atoms with E-state index in [0.29, 0.717) is 16.9 Å². The van der Waals surface area contributed by atoms with E-state index in [2.05, 4.69) is 10.1 Å². The molecular formula is C15H13N3O2S. The second-order valence-electron chi connectivity index (χ2n) is 4.83. The molecule has 0 saturated heterocycles. The van der Waals surface area contributed by atoms with Gasteiger partial charge in [0.05, 0.1) is 11.1 Å². The molecule has 0 amide bonds. The Hall–Kier alpha value is -2.34. The number of carbonyl (C=O) groups is 1. The highest BCUT2D eigenvalue weighted by molar-refractivity contribution is 7.18. The van der Waals surface area contributed by atoms with Gasteiger partial charge in [0.2, 0.25) is 0 Å². The van der Waals surface area contributed by atoms with Gasteiger partial charge < -0.3 is 0 Å². The van der Waals surface area contributed by atoms with Crippen molar-refractivity contribution in [3.8, 4) is 0 Å². The normalized spacial score (nSPS) is 14.2. The summed E-state index contributed by atoms with van der Waals surface area (Å²) in [4.78, 5) is 30.0. The summed E-state index contributed by atoms with van der Waals surface area (Å²) >= 11 is 1.52. The van der Waals surface area contributed by atoms with Crippen molar-refractivity contribution in [1.29, 1.82) is 0 Å². The second kappa shape index (κ2) is 4.89. The molecule has 0 radical (unpaired) electrons. The number of rotatable bonds is 1. The fourth-order valence-corrected chi connectivity index (χ4v) is 3.20. The van der Waals surface area contributed by atoms with Crippen LogP contribution in [0.1, 0.15) is 16.3 Å². The van der Waals surface area contributed by atoms with Gasteiger partial charge in [-0.3, -0.25) is 9.59 Å². The van der Waals surface area contributed by atoms with Gasteiger partial charge in [0.15, 0.2) is 5.78 Å². The highest BCUT2D eigenvalue weighted by Gasteiger charge is 2.14. The molecule has 0 unspecified atom stereocenters. The number of aromatic nitrogens is 2. The zero-order valence-corrected chi connectivity index (χ0v) is 12.7. The van der Waals surface area contributed by atoms with Crippen LogP contribution in [0.5, 0.6) is 0 Å². The van der Waals surface area contributed by atoms with Crippen LogP contribution in [0.3, 0.4) is 0 Å². The lowest BCUT2D eigenvalue weighted by Crippen LogP contribution is -2.21. The summed E-state index contributed by atoms with van der Waals surface area (Å²) < 4.78 is 1.29. The Balaban J connectivity index is 2.24. The molecule has 21 heavy (non-hydrogen) atoms. The Labute approximate surface area is 124 Å². The molecule has 0 atom stereocenters. The average molecular weight is 299 g/mol. The van der Waals surface area contributed by atoms with Crippen molar-refractivity contribution in [2.45, 2.75) is 20.8 Å². The summed E-state index contributed by atoms with van der Waals surface area (Å²) in [5.74, 6) is 0.441. The minimum absolute atomic E-state index is 0.0871. The van der Waals surface area contributed by atoms with Crippen LogP contribution in [-0.2, 0) is 4.79 Å². The number of allylic oxidation sites excluding steroid dienone is 4. The first-order valence-electron chi connectivity index (χ1n) is 6.46. The molecule has 2 aromatic heterocycles. The molecule has 2 heterocycles. The first kappa shape index (κ1) is 13.6. The molecule has 0 saturated carbocycles. The van der Waals surface area contributed by atoms with Crippen LogP contribution in [-0.4, -0.2) is 21.2 Å². The molecule has 0 N–H and O–H groups in total. The first-order chi connectivity index (χ1) is 9.97. The van der Waals surface area contributed by atoms with Gasteiger partial charge >= 0.3 is 0 Å². The van der Waals surface area contributed by atoms with Crippen molar-refractivity contribution in [3.63, 3.8) is 0 Å². The topological polar surface area (TPSA) is 64.3 Å². The Morgan fingerprint density at radius 3 is 2.43 bits per heavy atom. The van der Waals surface area contributed by atoms with Crippen LogP contribution in [0.15, 0.2) is 34.2 Å². The minimum atomic E-state index is -0.175. The van der Waals surface area contributed by atoms with E-state index >= 15 is 0 Å². The monoisotopic (exact) mass is 299 g/mol. The van der Waals surface area contributed by atoms with Crippen LogP contribution in [0, 0.1) is 20.8 Å². The SMILES string of the molecule is Cc1sc2nc(C)n(N=C3C=CC(=O)C=C3)c(=O)c2c1C. The fourth-order valence-electron chi connectivity index (χ4n) is 2.13. The molecular weight excluding hydrogens is 286 g/mol. The van der Waals surface area contributed by atoms with E-state index in [9.17, 15) is 9.59 Å². The third-order valence-electron chi connectivity index (χ3n) is 3.40. The molecule has 0 spiro atoms. The molecule has 0 bridgehead atoms. The molecule has 5 nitrogen and oxygen atoms in total. The first-order valence-corrected chi connectivity index (χ1v) is 7.27. The van der Waals surface area contributed by atoms with E-state index in [1.165, 1.54) is 28.2 Å². The quantitative estimate of drug-likeness (QED) is 0.759. The van der Waals surface area contributed by atoms with Gasteiger partial charge in [0, 0.05) is 4.88 Å². The van der Waals surface area contributed by atoms with Gasteiger partial charge in [-0.2, -0.15) is 9.78 Å². The van der Waals surface area contributed by atoms with Crippen molar-refractivity contribution < 1.29 is 4.79 Å². The van der Waals surface area contributed by atoms with Crippen LogP contribution in [0.25, 0.3) is 10.2 Å². The molecule has 0 aliphatic heterocycles. The Morgan fingerprint density at radius 1 is 1.10 bits per heavy atom. The van der Waals surface area contributed by atoms with Crippen molar-refractivity contribution in [3.05, 3.63) is 50.9 Å².